The maximum Gasteiger partial charge on any atom is 0.161 e. The summed E-state index contributed by atoms with van der Waals surface area (Å²) in [6.07, 6.45) is 6.79. The van der Waals surface area contributed by atoms with Crippen molar-refractivity contribution >= 4 is 0 Å². The lowest BCUT2D eigenvalue weighted by molar-refractivity contribution is 0.187. The fourth-order valence-electron chi connectivity index (χ4n) is 0.822. The lowest BCUT2D eigenvalue weighted by atomic mass is 10.3. The molecule has 0 fully saturated rings. The van der Waals surface area contributed by atoms with E-state index in [2.05, 4.69) is 13.2 Å². The van der Waals surface area contributed by atoms with Gasteiger partial charge in [0.15, 0.2) is 11.5 Å². The molecule has 0 saturated heterocycles. The highest BCUT2D eigenvalue weighted by atomic mass is 16.5. The van der Waals surface area contributed by atoms with Crippen LogP contribution in [0.4, 0.5) is 0 Å². The summed E-state index contributed by atoms with van der Waals surface area (Å²) < 4.78 is 10.4. The first-order chi connectivity index (χ1) is 6.29. The predicted molar refractivity (Wildman–Crippen MR) is 55.2 cm³/mol. The van der Waals surface area contributed by atoms with Crippen molar-refractivity contribution in [1.82, 2.24) is 0 Å². The Labute approximate surface area is 79.9 Å². The predicted octanol–water partition coefficient (Wildman–Crippen LogP) is 2.81. The topological polar surface area (TPSA) is 18.5 Å². The van der Waals surface area contributed by atoms with Gasteiger partial charge in [-0.15, -0.1) is 0 Å². The van der Waals surface area contributed by atoms with Gasteiger partial charge in [0.1, 0.15) is 0 Å². The second-order valence-electron chi connectivity index (χ2n) is 2.17. The molecule has 0 aliphatic carbocycles. The Bertz CT molecular complexity index is 224. The van der Waals surface area contributed by atoms with Crippen LogP contribution in [0, 0.1) is 0 Å². The quantitative estimate of drug-likeness (QED) is 0.462. The molecule has 0 saturated carbocycles. The van der Waals surface area contributed by atoms with E-state index in [1.54, 1.807) is 31.4 Å². The minimum atomic E-state index is 0.595. The minimum absolute atomic E-state index is 0.595. The molecule has 0 aromatic rings. The Balaban J connectivity index is 4.68. The zero-order valence-corrected chi connectivity index (χ0v) is 8.25. The van der Waals surface area contributed by atoms with Crippen LogP contribution in [0.5, 0.6) is 0 Å². The fraction of sp³-hybridized carbons (Fsp3) is 0.273. The van der Waals surface area contributed by atoms with E-state index in [0.29, 0.717) is 18.1 Å². The average molecular weight is 180 g/mol. The Morgan fingerprint density at radius 2 is 1.69 bits per heavy atom. The molecule has 0 atom stereocenters. The van der Waals surface area contributed by atoms with Gasteiger partial charge >= 0.3 is 0 Å². The molecule has 0 aromatic heterocycles. The lowest BCUT2D eigenvalue weighted by Gasteiger charge is -2.10. The first-order valence-corrected chi connectivity index (χ1v) is 4.12. The van der Waals surface area contributed by atoms with Crippen molar-refractivity contribution in [2.75, 3.05) is 13.7 Å². The van der Waals surface area contributed by atoms with Crippen LogP contribution < -0.4 is 0 Å². The molecule has 0 spiro atoms. The Morgan fingerprint density at radius 1 is 1.15 bits per heavy atom. The number of hydrogen-bond donors (Lipinski definition) is 0. The zero-order chi connectivity index (χ0) is 10.1. The fourth-order valence-corrected chi connectivity index (χ4v) is 0.822. The molecule has 0 N–H and O–H groups in total. The van der Waals surface area contributed by atoms with Gasteiger partial charge in [0, 0.05) is 0 Å². The van der Waals surface area contributed by atoms with Crippen LogP contribution in [0.3, 0.4) is 0 Å². The normalized spacial score (nSPS) is 12.2. The van der Waals surface area contributed by atoms with E-state index in [4.69, 9.17) is 9.47 Å². The standard InChI is InChI=1S/C11H16O2/c1-5-8-10(12-4)11(9-6-2)13-7-3/h5-6,8-9H,1-2,7H2,3-4H3/b10-8+,11-9+. The van der Waals surface area contributed by atoms with Crippen molar-refractivity contribution in [2.45, 2.75) is 6.92 Å². The van der Waals surface area contributed by atoms with E-state index in [0.717, 1.165) is 0 Å². The Hall–Kier alpha value is -1.44. The first kappa shape index (κ1) is 11.6. The number of hydrogen-bond acceptors (Lipinski definition) is 2. The van der Waals surface area contributed by atoms with Crippen molar-refractivity contribution in [3.8, 4) is 0 Å². The van der Waals surface area contributed by atoms with Crippen LogP contribution in [0.1, 0.15) is 6.92 Å². The summed E-state index contributed by atoms with van der Waals surface area (Å²) in [4.78, 5) is 0. The highest BCUT2D eigenvalue weighted by molar-refractivity contribution is 5.26. The van der Waals surface area contributed by atoms with Crippen LogP contribution in [0.15, 0.2) is 49.0 Å². The molecule has 72 valence electrons. The van der Waals surface area contributed by atoms with E-state index >= 15 is 0 Å². The molecule has 0 bridgehead atoms. The molecule has 0 heterocycles. The minimum Gasteiger partial charge on any atom is -0.493 e. The summed E-state index contributed by atoms with van der Waals surface area (Å²) >= 11 is 0. The molecule has 2 nitrogen and oxygen atoms in total. The maximum absolute atomic E-state index is 5.34. The third kappa shape index (κ3) is 4.21. The van der Waals surface area contributed by atoms with Gasteiger partial charge < -0.3 is 9.47 Å². The summed E-state index contributed by atoms with van der Waals surface area (Å²) in [6.45, 7) is 9.69. The van der Waals surface area contributed by atoms with Gasteiger partial charge in [0.05, 0.1) is 13.7 Å². The molecular weight excluding hydrogens is 164 g/mol. The summed E-state index contributed by atoms with van der Waals surface area (Å²) in [5, 5.41) is 0. The lowest BCUT2D eigenvalue weighted by Crippen LogP contribution is -1.97. The van der Waals surface area contributed by atoms with Gasteiger partial charge in [-0.1, -0.05) is 25.3 Å². The van der Waals surface area contributed by atoms with E-state index in [1.807, 2.05) is 6.92 Å². The van der Waals surface area contributed by atoms with Crippen LogP contribution in [-0.4, -0.2) is 13.7 Å². The molecule has 0 amide bonds. The third-order valence-corrected chi connectivity index (χ3v) is 1.30. The van der Waals surface area contributed by atoms with Crippen molar-refractivity contribution < 1.29 is 9.47 Å². The van der Waals surface area contributed by atoms with Gasteiger partial charge in [0.25, 0.3) is 0 Å². The van der Waals surface area contributed by atoms with E-state index < -0.39 is 0 Å². The SMILES string of the molecule is C=C/C=C(OC)\C(=C/C=C)OCC. The summed E-state index contributed by atoms with van der Waals surface area (Å²) in [5.74, 6) is 1.32. The zero-order valence-electron chi connectivity index (χ0n) is 8.25. The molecule has 2 heteroatoms. The second-order valence-corrected chi connectivity index (χ2v) is 2.17. The Kier molecular flexibility index (Phi) is 6.42. The smallest absolute Gasteiger partial charge is 0.161 e. The third-order valence-electron chi connectivity index (χ3n) is 1.30. The van der Waals surface area contributed by atoms with Gasteiger partial charge in [-0.3, -0.25) is 0 Å². The molecular formula is C11H16O2. The molecule has 0 rings (SSSR count). The molecule has 13 heavy (non-hydrogen) atoms. The summed E-state index contributed by atoms with van der Waals surface area (Å²) in [7, 11) is 1.59. The van der Waals surface area contributed by atoms with Gasteiger partial charge in [-0.05, 0) is 19.1 Å². The van der Waals surface area contributed by atoms with Crippen molar-refractivity contribution in [2.24, 2.45) is 0 Å². The largest absolute Gasteiger partial charge is 0.493 e. The first-order valence-electron chi connectivity index (χ1n) is 4.12. The molecule has 0 aromatic carbocycles. The molecule has 0 radical (unpaired) electrons. The number of allylic oxidation sites excluding steroid dienone is 4. The van der Waals surface area contributed by atoms with Crippen molar-refractivity contribution in [3.05, 3.63) is 49.0 Å². The highest BCUT2D eigenvalue weighted by Gasteiger charge is 2.03. The molecule has 0 unspecified atom stereocenters. The molecule has 0 aliphatic heterocycles. The second kappa shape index (κ2) is 7.22. The van der Waals surface area contributed by atoms with E-state index in [1.165, 1.54) is 0 Å². The summed E-state index contributed by atoms with van der Waals surface area (Å²) in [6, 6.07) is 0. The number of ether oxygens (including phenoxy) is 2. The number of rotatable bonds is 6. The van der Waals surface area contributed by atoms with Crippen LogP contribution >= 0.6 is 0 Å². The van der Waals surface area contributed by atoms with E-state index in [9.17, 15) is 0 Å². The van der Waals surface area contributed by atoms with Crippen LogP contribution in [0.2, 0.25) is 0 Å². The van der Waals surface area contributed by atoms with Gasteiger partial charge in [0.2, 0.25) is 0 Å². The van der Waals surface area contributed by atoms with Crippen molar-refractivity contribution in [3.63, 3.8) is 0 Å². The summed E-state index contributed by atoms with van der Waals surface area (Å²) in [5.41, 5.74) is 0. The monoisotopic (exact) mass is 180 g/mol. The average Bonchev–Trinajstić information content (AvgIpc) is 2.14. The molecule has 0 aliphatic rings. The highest BCUT2D eigenvalue weighted by Crippen LogP contribution is 2.12. The van der Waals surface area contributed by atoms with Gasteiger partial charge in [-0.25, -0.2) is 0 Å². The van der Waals surface area contributed by atoms with Gasteiger partial charge in [-0.2, -0.15) is 0 Å². The van der Waals surface area contributed by atoms with Crippen molar-refractivity contribution in [1.29, 1.82) is 0 Å². The van der Waals surface area contributed by atoms with Crippen LogP contribution in [-0.2, 0) is 9.47 Å². The van der Waals surface area contributed by atoms with E-state index in [-0.39, 0.29) is 0 Å². The number of methoxy groups -OCH3 is 1. The Morgan fingerprint density at radius 3 is 2.08 bits per heavy atom. The van der Waals surface area contributed by atoms with Crippen LogP contribution in [0.25, 0.3) is 0 Å². The maximum atomic E-state index is 5.34.